The van der Waals surface area contributed by atoms with Gasteiger partial charge in [0.25, 0.3) is 7.82 Å². The zero-order valence-electron chi connectivity index (χ0n) is 40.9. The summed E-state index contributed by atoms with van der Waals surface area (Å²) >= 11 is 0. The van der Waals surface area contributed by atoms with E-state index in [9.17, 15) is 19.4 Å². The molecule has 0 radical (unpaired) electrons. The molecule has 0 heterocycles. The van der Waals surface area contributed by atoms with Crippen molar-refractivity contribution >= 4 is 13.7 Å². The van der Waals surface area contributed by atoms with Crippen molar-refractivity contribution in [1.82, 2.24) is 5.32 Å². The topological polar surface area (TPSA) is 108 Å². The number of unbranched alkanes of at least 4 members (excludes halogenated alkanes) is 36. The van der Waals surface area contributed by atoms with E-state index in [0.717, 1.165) is 38.5 Å². The Hall–Kier alpha value is -0.500. The number of likely N-dealkylation sites (N-methyl/N-ethyl adjacent to an activating group) is 1. The molecule has 0 aliphatic carbocycles. The van der Waals surface area contributed by atoms with Gasteiger partial charge in [-0.3, -0.25) is 9.36 Å². The van der Waals surface area contributed by atoms with Crippen LogP contribution in [0, 0.1) is 0 Å². The molecule has 0 saturated heterocycles. The maximum absolute atomic E-state index is 12.9. The number of phosphoric ester groups is 1. The number of rotatable bonds is 49. The normalized spacial score (nSPS) is 14.1. The van der Waals surface area contributed by atoms with E-state index in [1.165, 1.54) is 205 Å². The van der Waals surface area contributed by atoms with Gasteiger partial charge in [-0.2, -0.15) is 0 Å². The zero-order chi connectivity index (χ0) is 44.3. The Morgan fingerprint density at radius 2 is 0.817 bits per heavy atom. The number of quaternary nitrogens is 1. The van der Waals surface area contributed by atoms with Crippen molar-refractivity contribution in [1.29, 1.82) is 0 Å². The summed E-state index contributed by atoms with van der Waals surface area (Å²) in [6, 6.07) is -0.793. The molecule has 0 bridgehead atoms. The lowest BCUT2D eigenvalue weighted by Gasteiger charge is -2.30. The standard InChI is InChI=1S/C51H105N2O6P/c1-6-8-10-12-14-16-18-20-21-22-23-24-25-26-27-28-29-30-31-33-34-36-38-40-42-44-50(54)49(48-59-60(56,57)58-47-46-53(3,4)5)52-51(55)45-43-41-39-37-35-32-19-17-15-13-11-9-7-2/h49-50,54H,6-48H2,1-5H3,(H-,52,55,56,57). The van der Waals surface area contributed by atoms with Gasteiger partial charge < -0.3 is 28.8 Å². The summed E-state index contributed by atoms with van der Waals surface area (Å²) in [5.74, 6) is -0.160. The van der Waals surface area contributed by atoms with Crippen molar-refractivity contribution in [3.63, 3.8) is 0 Å². The van der Waals surface area contributed by atoms with Crippen LogP contribution in [0.15, 0.2) is 0 Å². The summed E-state index contributed by atoms with van der Waals surface area (Å²) in [6.07, 6.45) is 49.8. The second-order valence-electron chi connectivity index (χ2n) is 19.6. The van der Waals surface area contributed by atoms with Crippen LogP contribution in [0.1, 0.15) is 271 Å². The largest absolute Gasteiger partial charge is 0.756 e. The summed E-state index contributed by atoms with van der Waals surface area (Å²) in [7, 11) is 1.32. The molecule has 0 saturated carbocycles. The minimum Gasteiger partial charge on any atom is -0.756 e. The van der Waals surface area contributed by atoms with Crippen molar-refractivity contribution in [2.45, 2.75) is 283 Å². The third-order valence-electron chi connectivity index (χ3n) is 12.3. The lowest BCUT2D eigenvalue weighted by atomic mass is 10.0. The highest BCUT2D eigenvalue weighted by atomic mass is 31.2. The van der Waals surface area contributed by atoms with Crippen LogP contribution in [0.2, 0.25) is 0 Å². The average molecular weight is 873 g/mol. The molecule has 3 unspecified atom stereocenters. The van der Waals surface area contributed by atoms with Crippen LogP contribution in [-0.2, 0) is 18.4 Å². The first kappa shape index (κ1) is 59.5. The van der Waals surface area contributed by atoms with Gasteiger partial charge in [-0.15, -0.1) is 0 Å². The molecule has 0 aliphatic rings. The SMILES string of the molecule is CCCCCCCCCCCCCCCCCCCCCCCCCCCC(O)C(COP(=O)([O-])OCC[N+](C)(C)C)NC(=O)CCCCCCCCCCCCCCC. The zero-order valence-corrected chi connectivity index (χ0v) is 41.8. The monoisotopic (exact) mass is 873 g/mol. The number of hydrogen-bond acceptors (Lipinski definition) is 6. The van der Waals surface area contributed by atoms with Crippen molar-refractivity contribution in [2.24, 2.45) is 0 Å². The molecule has 2 N–H and O–H groups in total. The van der Waals surface area contributed by atoms with Gasteiger partial charge in [0.2, 0.25) is 5.91 Å². The van der Waals surface area contributed by atoms with E-state index in [1.54, 1.807) is 0 Å². The van der Waals surface area contributed by atoms with E-state index in [1.807, 2.05) is 21.1 Å². The van der Waals surface area contributed by atoms with E-state index >= 15 is 0 Å². The molecule has 0 aromatic heterocycles. The first-order valence-corrected chi connectivity index (χ1v) is 27.8. The second-order valence-corrected chi connectivity index (χ2v) is 21.0. The summed E-state index contributed by atoms with van der Waals surface area (Å²) in [4.78, 5) is 25.4. The highest BCUT2D eigenvalue weighted by Gasteiger charge is 2.24. The Labute approximate surface area is 374 Å². The van der Waals surface area contributed by atoms with Gasteiger partial charge in [0, 0.05) is 6.42 Å². The maximum atomic E-state index is 12.9. The van der Waals surface area contributed by atoms with Crippen molar-refractivity contribution < 1.29 is 32.9 Å². The third-order valence-corrected chi connectivity index (χ3v) is 13.3. The van der Waals surface area contributed by atoms with Crippen LogP contribution in [0.3, 0.4) is 0 Å². The predicted octanol–water partition coefficient (Wildman–Crippen LogP) is 14.7. The molecule has 60 heavy (non-hydrogen) atoms. The van der Waals surface area contributed by atoms with Crippen LogP contribution in [-0.4, -0.2) is 68.5 Å². The first-order chi connectivity index (χ1) is 29.0. The van der Waals surface area contributed by atoms with E-state index in [0.29, 0.717) is 23.9 Å². The Morgan fingerprint density at radius 3 is 1.13 bits per heavy atom. The number of aliphatic hydroxyl groups excluding tert-OH is 1. The number of carbonyl (C=O) groups is 1. The predicted molar refractivity (Wildman–Crippen MR) is 256 cm³/mol. The number of nitrogens with zero attached hydrogens (tertiary/aromatic N) is 1. The Morgan fingerprint density at radius 1 is 0.517 bits per heavy atom. The van der Waals surface area contributed by atoms with E-state index in [4.69, 9.17) is 9.05 Å². The van der Waals surface area contributed by atoms with E-state index in [-0.39, 0.29) is 19.1 Å². The van der Waals surface area contributed by atoms with Crippen LogP contribution >= 0.6 is 7.82 Å². The molecule has 1 amide bonds. The van der Waals surface area contributed by atoms with Crippen molar-refractivity contribution in [2.75, 3.05) is 40.9 Å². The Balaban J connectivity index is 4.12. The molecule has 3 atom stereocenters. The number of phosphoric acid groups is 1. The fourth-order valence-electron chi connectivity index (χ4n) is 8.16. The number of amides is 1. The number of carbonyl (C=O) groups excluding carboxylic acids is 1. The summed E-state index contributed by atoms with van der Waals surface area (Å²) < 4.78 is 23.3. The van der Waals surface area contributed by atoms with Gasteiger partial charge in [-0.1, -0.05) is 251 Å². The molecule has 0 rings (SSSR count). The molecular weight excluding hydrogens is 768 g/mol. The lowest BCUT2D eigenvalue weighted by molar-refractivity contribution is -0.870. The van der Waals surface area contributed by atoms with Gasteiger partial charge in [-0.05, 0) is 12.8 Å². The highest BCUT2D eigenvalue weighted by Crippen LogP contribution is 2.38. The fraction of sp³-hybridized carbons (Fsp3) is 0.980. The molecule has 8 nitrogen and oxygen atoms in total. The van der Waals surface area contributed by atoms with Gasteiger partial charge in [-0.25, -0.2) is 0 Å². The maximum Gasteiger partial charge on any atom is 0.268 e. The number of aliphatic hydroxyl groups is 1. The minimum absolute atomic E-state index is 0.0163. The summed E-state index contributed by atoms with van der Waals surface area (Å²) in [6.45, 7) is 4.76. The second kappa shape index (κ2) is 43.7. The van der Waals surface area contributed by atoms with Crippen LogP contribution < -0.4 is 10.2 Å². The molecular formula is C51H105N2O6P. The molecule has 360 valence electrons. The van der Waals surface area contributed by atoms with Gasteiger partial charge >= 0.3 is 0 Å². The Bertz CT molecular complexity index is 947. The quantitative estimate of drug-likeness (QED) is 0.0358. The molecule has 0 spiro atoms. The first-order valence-electron chi connectivity index (χ1n) is 26.4. The minimum atomic E-state index is -4.56. The van der Waals surface area contributed by atoms with E-state index < -0.39 is 20.0 Å². The van der Waals surface area contributed by atoms with Crippen molar-refractivity contribution in [3.05, 3.63) is 0 Å². The van der Waals surface area contributed by atoms with Crippen LogP contribution in [0.5, 0.6) is 0 Å². The van der Waals surface area contributed by atoms with Crippen LogP contribution in [0.25, 0.3) is 0 Å². The summed E-state index contributed by atoms with van der Waals surface area (Å²) in [5, 5.41) is 14.0. The summed E-state index contributed by atoms with van der Waals surface area (Å²) in [5.41, 5.74) is 0. The molecule has 0 aliphatic heterocycles. The molecule has 9 heteroatoms. The Kier molecular flexibility index (Phi) is 43.4. The van der Waals surface area contributed by atoms with Crippen LogP contribution in [0.4, 0.5) is 0 Å². The number of nitrogens with one attached hydrogen (secondary N) is 1. The lowest BCUT2D eigenvalue weighted by Crippen LogP contribution is -2.46. The molecule has 0 fully saturated rings. The third kappa shape index (κ3) is 45.5. The molecule has 0 aromatic rings. The fourth-order valence-corrected chi connectivity index (χ4v) is 8.88. The van der Waals surface area contributed by atoms with Crippen molar-refractivity contribution in [3.8, 4) is 0 Å². The molecule has 0 aromatic carbocycles. The van der Waals surface area contributed by atoms with Gasteiger partial charge in [0.15, 0.2) is 0 Å². The number of hydrogen-bond donors (Lipinski definition) is 2. The average Bonchev–Trinajstić information content (AvgIpc) is 3.20. The van der Waals surface area contributed by atoms with Gasteiger partial charge in [0.05, 0.1) is 39.9 Å². The highest BCUT2D eigenvalue weighted by molar-refractivity contribution is 7.45. The van der Waals surface area contributed by atoms with E-state index in [2.05, 4.69) is 19.2 Å². The van der Waals surface area contributed by atoms with Gasteiger partial charge in [0.1, 0.15) is 13.2 Å². The smallest absolute Gasteiger partial charge is 0.268 e.